The fourth-order valence-electron chi connectivity index (χ4n) is 3.23. The normalized spacial score (nSPS) is 26.1. The zero-order valence-corrected chi connectivity index (χ0v) is 11.6. The Morgan fingerprint density at radius 3 is 2.95 bits per heavy atom. The van der Waals surface area contributed by atoms with Crippen LogP contribution in [0.4, 0.5) is 5.69 Å². The molecule has 4 heteroatoms. The van der Waals surface area contributed by atoms with Gasteiger partial charge in [-0.25, -0.2) is 4.79 Å². The molecule has 2 atom stereocenters. The van der Waals surface area contributed by atoms with Crippen LogP contribution in [0.15, 0.2) is 24.3 Å². The topological polar surface area (TPSA) is 49.8 Å². The van der Waals surface area contributed by atoms with Crippen LogP contribution < -0.4 is 4.90 Å². The van der Waals surface area contributed by atoms with E-state index in [1.54, 1.807) is 0 Å². The van der Waals surface area contributed by atoms with Crippen LogP contribution in [-0.2, 0) is 16.0 Å². The van der Waals surface area contributed by atoms with Crippen LogP contribution in [0.2, 0.25) is 0 Å². The van der Waals surface area contributed by atoms with Gasteiger partial charge in [-0.3, -0.25) is 0 Å². The van der Waals surface area contributed by atoms with Crippen LogP contribution in [0.1, 0.15) is 31.2 Å². The van der Waals surface area contributed by atoms with Crippen molar-refractivity contribution in [1.29, 1.82) is 0 Å². The molecule has 1 aromatic rings. The minimum atomic E-state index is -0.830. The summed E-state index contributed by atoms with van der Waals surface area (Å²) in [6.07, 6.45) is 4.45. The smallest absolute Gasteiger partial charge is 0.332 e. The van der Waals surface area contributed by atoms with Crippen molar-refractivity contribution in [2.24, 2.45) is 0 Å². The maximum atomic E-state index is 11.0. The van der Waals surface area contributed by atoms with E-state index in [9.17, 15) is 4.79 Å². The van der Waals surface area contributed by atoms with Crippen LogP contribution >= 0.6 is 0 Å². The van der Waals surface area contributed by atoms with E-state index in [1.165, 1.54) is 24.1 Å². The number of anilines is 1. The van der Waals surface area contributed by atoms with Crippen LogP contribution in [-0.4, -0.2) is 36.4 Å². The molecule has 4 nitrogen and oxygen atoms in total. The molecule has 0 aliphatic carbocycles. The third kappa shape index (κ3) is 2.80. The van der Waals surface area contributed by atoms with Crippen molar-refractivity contribution in [2.45, 2.75) is 44.3 Å². The number of carboxylic acids is 1. The quantitative estimate of drug-likeness (QED) is 0.920. The van der Waals surface area contributed by atoms with Crippen molar-refractivity contribution in [3.8, 4) is 0 Å². The monoisotopic (exact) mass is 275 g/mol. The first-order chi connectivity index (χ1) is 9.74. The second-order valence-corrected chi connectivity index (χ2v) is 5.69. The maximum Gasteiger partial charge on any atom is 0.332 e. The van der Waals surface area contributed by atoms with Gasteiger partial charge in [0.2, 0.25) is 0 Å². The summed E-state index contributed by atoms with van der Waals surface area (Å²) in [6.45, 7) is 1.84. The zero-order valence-electron chi connectivity index (χ0n) is 11.6. The number of aliphatic carboxylic acids is 1. The molecular weight excluding hydrogens is 254 g/mol. The second kappa shape index (κ2) is 5.83. The zero-order chi connectivity index (χ0) is 13.9. The molecule has 2 aliphatic heterocycles. The Labute approximate surface area is 119 Å². The predicted molar refractivity (Wildman–Crippen MR) is 77.1 cm³/mol. The molecule has 0 aromatic heterocycles. The van der Waals surface area contributed by atoms with E-state index in [0.717, 1.165) is 25.9 Å². The Hall–Kier alpha value is -1.55. The summed E-state index contributed by atoms with van der Waals surface area (Å²) in [7, 11) is 0. The maximum absolute atomic E-state index is 11.0. The molecule has 3 rings (SSSR count). The molecule has 1 fully saturated rings. The number of carbonyl (C=O) groups is 1. The third-order valence-corrected chi connectivity index (χ3v) is 4.26. The lowest BCUT2D eigenvalue weighted by Gasteiger charge is -2.27. The van der Waals surface area contributed by atoms with Crippen LogP contribution in [0.5, 0.6) is 0 Å². The summed E-state index contributed by atoms with van der Waals surface area (Å²) in [5.41, 5.74) is 2.70. The standard InChI is InChI=1S/C16H21NO3/c18-16(19)15-9-8-13(20-15)11-17-10-4-3-6-12-5-1-2-7-14(12)17/h1-2,5,7,13,15H,3-4,6,8-11H2,(H,18,19). The number of fused-ring (bicyclic) bond motifs is 1. The highest BCUT2D eigenvalue weighted by atomic mass is 16.5. The Balaban J connectivity index is 1.70. The third-order valence-electron chi connectivity index (χ3n) is 4.26. The van der Waals surface area contributed by atoms with Gasteiger partial charge in [0, 0.05) is 18.8 Å². The number of para-hydroxylation sites is 1. The first-order valence-electron chi connectivity index (χ1n) is 7.45. The Bertz CT molecular complexity index is 488. The fourth-order valence-corrected chi connectivity index (χ4v) is 3.23. The summed E-state index contributed by atoms with van der Waals surface area (Å²) < 4.78 is 5.64. The van der Waals surface area contributed by atoms with Crippen molar-refractivity contribution in [3.63, 3.8) is 0 Å². The summed E-state index contributed by atoms with van der Waals surface area (Å²) in [5.74, 6) is -0.830. The van der Waals surface area contributed by atoms with Crippen molar-refractivity contribution < 1.29 is 14.6 Å². The van der Waals surface area contributed by atoms with Gasteiger partial charge in [0.15, 0.2) is 6.10 Å². The Morgan fingerprint density at radius 2 is 2.15 bits per heavy atom. The summed E-state index contributed by atoms with van der Waals surface area (Å²) in [6, 6.07) is 8.54. The molecule has 20 heavy (non-hydrogen) atoms. The summed E-state index contributed by atoms with van der Waals surface area (Å²) in [4.78, 5) is 13.3. The molecule has 0 bridgehead atoms. The van der Waals surface area contributed by atoms with Gasteiger partial charge in [-0.15, -0.1) is 0 Å². The van der Waals surface area contributed by atoms with Gasteiger partial charge in [-0.1, -0.05) is 18.2 Å². The minimum absolute atomic E-state index is 0.0438. The lowest BCUT2D eigenvalue weighted by atomic mass is 10.1. The molecule has 0 saturated carbocycles. The van der Waals surface area contributed by atoms with Crippen molar-refractivity contribution in [2.75, 3.05) is 18.0 Å². The van der Waals surface area contributed by atoms with Gasteiger partial charge >= 0.3 is 5.97 Å². The molecule has 0 spiro atoms. The molecular formula is C16H21NO3. The van der Waals surface area contributed by atoms with Crippen LogP contribution in [0, 0.1) is 0 Å². The highest BCUT2D eigenvalue weighted by molar-refractivity contribution is 5.72. The number of aryl methyl sites for hydroxylation is 1. The first kappa shape index (κ1) is 13.4. The van der Waals surface area contributed by atoms with Gasteiger partial charge in [0.1, 0.15) is 0 Å². The number of ether oxygens (including phenoxy) is 1. The van der Waals surface area contributed by atoms with E-state index in [2.05, 4.69) is 29.2 Å². The molecule has 0 amide bonds. The molecule has 1 N–H and O–H groups in total. The van der Waals surface area contributed by atoms with Gasteiger partial charge in [-0.05, 0) is 43.7 Å². The molecule has 2 heterocycles. The molecule has 108 valence electrons. The lowest BCUT2D eigenvalue weighted by Crippen LogP contribution is -2.34. The van der Waals surface area contributed by atoms with E-state index < -0.39 is 12.1 Å². The fraction of sp³-hybridized carbons (Fsp3) is 0.562. The summed E-state index contributed by atoms with van der Waals surface area (Å²) >= 11 is 0. The summed E-state index contributed by atoms with van der Waals surface area (Å²) in [5, 5.41) is 9.00. The van der Waals surface area contributed by atoms with E-state index in [4.69, 9.17) is 9.84 Å². The highest BCUT2D eigenvalue weighted by Gasteiger charge is 2.32. The number of benzene rings is 1. The van der Waals surface area contributed by atoms with Gasteiger partial charge in [-0.2, -0.15) is 0 Å². The van der Waals surface area contributed by atoms with Crippen molar-refractivity contribution in [3.05, 3.63) is 29.8 Å². The molecule has 2 unspecified atom stereocenters. The average Bonchev–Trinajstić information content (AvgIpc) is 2.82. The van der Waals surface area contributed by atoms with Crippen LogP contribution in [0.25, 0.3) is 0 Å². The molecule has 1 saturated heterocycles. The second-order valence-electron chi connectivity index (χ2n) is 5.69. The molecule has 0 radical (unpaired) electrons. The molecule has 2 aliphatic rings. The van der Waals surface area contributed by atoms with E-state index in [1.807, 2.05) is 0 Å². The van der Waals surface area contributed by atoms with Gasteiger partial charge in [0.05, 0.1) is 6.10 Å². The number of rotatable bonds is 3. The number of hydrogen-bond donors (Lipinski definition) is 1. The average molecular weight is 275 g/mol. The predicted octanol–water partition coefficient (Wildman–Crippen LogP) is 2.46. The largest absolute Gasteiger partial charge is 0.479 e. The number of nitrogens with zero attached hydrogens (tertiary/aromatic N) is 1. The first-order valence-corrected chi connectivity index (χ1v) is 7.45. The minimum Gasteiger partial charge on any atom is -0.479 e. The van der Waals surface area contributed by atoms with E-state index in [0.29, 0.717) is 6.42 Å². The highest BCUT2D eigenvalue weighted by Crippen LogP contribution is 2.28. The van der Waals surface area contributed by atoms with E-state index in [-0.39, 0.29) is 6.10 Å². The SMILES string of the molecule is O=C(O)C1CCC(CN2CCCCc3ccccc32)O1. The Kier molecular flexibility index (Phi) is 3.92. The van der Waals surface area contributed by atoms with Gasteiger partial charge in [0.25, 0.3) is 0 Å². The lowest BCUT2D eigenvalue weighted by molar-refractivity contribution is -0.149. The van der Waals surface area contributed by atoms with Crippen molar-refractivity contribution in [1.82, 2.24) is 0 Å². The van der Waals surface area contributed by atoms with Gasteiger partial charge < -0.3 is 14.7 Å². The molecule has 1 aromatic carbocycles. The van der Waals surface area contributed by atoms with Crippen LogP contribution in [0.3, 0.4) is 0 Å². The number of hydrogen-bond acceptors (Lipinski definition) is 3. The van der Waals surface area contributed by atoms with Crippen molar-refractivity contribution >= 4 is 11.7 Å². The number of carboxylic acid groups (broad SMARTS) is 1. The van der Waals surface area contributed by atoms with E-state index >= 15 is 0 Å². The Morgan fingerprint density at radius 1 is 1.30 bits per heavy atom.